The third-order valence-electron chi connectivity index (χ3n) is 13.4. The zero-order valence-electron chi connectivity index (χ0n) is 38.6. The van der Waals surface area contributed by atoms with Crippen molar-refractivity contribution in [2.45, 2.75) is 13.8 Å². The molecule has 0 saturated carbocycles. The molecule has 0 fully saturated rings. The van der Waals surface area contributed by atoms with Gasteiger partial charge >= 0.3 is 0 Å². The fraction of sp³-hybridized carbons (Fsp3) is 0.0312. The predicted molar refractivity (Wildman–Crippen MR) is 290 cm³/mol. The number of nitriles is 1. The molecule has 2 heterocycles. The monoisotopic (exact) mass is 896 g/mol. The molecule has 6 nitrogen and oxygen atoms in total. The lowest BCUT2D eigenvalue weighted by Gasteiger charge is -2.25. The van der Waals surface area contributed by atoms with Crippen LogP contribution in [0, 0.1) is 31.8 Å². The van der Waals surface area contributed by atoms with Crippen molar-refractivity contribution in [2.24, 2.45) is 0 Å². The summed E-state index contributed by atoms with van der Waals surface area (Å²) in [5, 5.41) is 15.3. The van der Waals surface area contributed by atoms with Crippen LogP contribution in [0.5, 0.6) is 0 Å². The highest BCUT2D eigenvalue weighted by atomic mass is 15.2. The molecule has 330 valence electrons. The lowest BCUT2D eigenvalue weighted by Crippen LogP contribution is -2.09. The first-order valence-corrected chi connectivity index (χ1v) is 23.4. The Balaban J connectivity index is 1.06. The van der Waals surface area contributed by atoms with E-state index in [1.807, 2.05) is 48.5 Å². The molecule has 0 N–H and O–H groups in total. The van der Waals surface area contributed by atoms with Crippen LogP contribution in [-0.2, 0) is 0 Å². The zero-order chi connectivity index (χ0) is 47.3. The van der Waals surface area contributed by atoms with E-state index in [0.29, 0.717) is 22.4 Å². The molecule has 0 spiro atoms. The van der Waals surface area contributed by atoms with Crippen molar-refractivity contribution in [1.29, 1.82) is 5.26 Å². The number of anilines is 6. The Morgan fingerprint density at radius 3 is 1.16 bits per heavy atom. The van der Waals surface area contributed by atoms with Crippen molar-refractivity contribution >= 4 is 83.4 Å². The van der Waals surface area contributed by atoms with Crippen molar-refractivity contribution in [3.8, 4) is 28.6 Å². The predicted octanol–water partition coefficient (Wildman–Crippen LogP) is 17.5. The summed E-state index contributed by atoms with van der Waals surface area (Å²) in [4.78, 5) is 8.66. The zero-order valence-corrected chi connectivity index (χ0v) is 38.6. The molecule has 0 unspecified atom stereocenters. The van der Waals surface area contributed by atoms with Gasteiger partial charge in [0.15, 0.2) is 5.69 Å². The fourth-order valence-electron chi connectivity index (χ4n) is 10.2. The average molecular weight is 897 g/mol. The summed E-state index contributed by atoms with van der Waals surface area (Å²) >= 11 is 0. The van der Waals surface area contributed by atoms with Crippen molar-refractivity contribution in [1.82, 2.24) is 9.13 Å². The molecule has 12 rings (SSSR count). The van der Waals surface area contributed by atoms with Gasteiger partial charge in [-0.1, -0.05) is 115 Å². The molecular formula is C64H44N6. The number of para-hydroxylation sites is 4. The second-order valence-electron chi connectivity index (χ2n) is 17.8. The van der Waals surface area contributed by atoms with Gasteiger partial charge in [-0.3, -0.25) is 0 Å². The van der Waals surface area contributed by atoms with E-state index in [0.717, 1.165) is 100 Å². The Bertz CT molecular complexity index is 3700. The van der Waals surface area contributed by atoms with Crippen molar-refractivity contribution in [3.63, 3.8) is 0 Å². The number of nitrogens with zero attached hydrogens (tertiary/aromatic N) is 6. The van der Waals surface area contributed by atoms with Gasteiger partial charge in [-0.25, -0.2) is 4.85 Å². The van der Waals surface area contributed by atoms with Crippen LogP contribution < -0.4 is 9.80 Å². The van der Waals surface area contributed by atoms with Crippen LogP contribution in [0.25, 0.3) is 71.0 Å². The lowest BCUT2D eigenvalue weighted by molar-refractivity contribution is 1.17. The number of hydrogen-bond acceptors (Lipinski definition) is 3. The van der Waals surface area contributed by atoms with E-state index in [2.05, 4.69) is 226 Å². The summed E-state index contributed by atoms with van der Waals surface area (Å²) < 4.78 is 4.62. The highest BCUT2D eigenvalue weighted by Gasteiger charge is 2.22. The van der Waals surface area contributed by atoms with Gasteiger partial charge in [-0.15, -0.1) is 0 Å². The van der Waals surface area contributed by atoms with Crippen molar-refractivity contribution in [2.75, 3.05) is 9.80 Å². The molecule has 0 atom stereocenters. The summed E-state index contributed by atoms with van der Waals surface area (Å²) in [6.07, 6.45) is 0. The molecule has 0 bridgehead atoms. The highest BCUT2D eigenvalue weighted by Crippen LogP contribution is 2.44. The molecule has 0 radical (unpaired) electrons. The molecule has 6 heteroatoms. The molecule has 70 heavy (non-hydrogen) atoms. The molecule has 0 saturated heterocycles. The Morgan fingerprint density at radius 2 is 0.757 bits per heavy atom. The second-order valence-corrected chi connectivity index (χ2v) is 17.8. The number of aryl methyl sites for hydroxylation is 2. The van der Waals surface area contributed by atoms with Crippen LogP contribution >= 0.6 is 0 Å². The standard InChI is InChI=1S/C64H44N6/c1-43-24-31-54-56-33-28-52(67(46-16-8-4-9-17-46)47-18-10-5-11-19-47)40-63(56)69(61(54)36-43)50-27-26-45(42-65)58(38-50)59-39-51(30-35-60(59)66-3)70-62-37-44(2)25-32-55(62)57-34-29-53(41-64(57)70)68(48-20-12-6-13-21-48)49-22-14-7-15-23-49/h4-41H,1-2H3. The minimum absolute atomic E-state index is 0.469. The van der Waals surface area contributed by atoms with Gasteiger partial charge in [-0.05, 0) is 151 Å². The van der Waals surface area contributed by atoms with Crippen LogP contribution in [-0.4, -0.2) is 9.13 Å². The molecular weight excluding hydrogens is 853 g/mol. The maximum Gasteiger partial charge on any atom is 0.195 e. The Labute approximate surface area is 406 Å². The molecule has 0 aliphatic rings. The summed E-state index contributed by atoms with van der Waals surface area (Å²) in [5.74, 6) is 0. The Hall–Kier alpha value is -9.62. The van der Waals surface area contributed by atoms with E-state index in [1.165, 1.54) is 0 Å². The van der Waals surface area contributed by atoms with Crippen LogP contribution in [0.15, 0.2) is 231 Å². The van der Waals surface area contributed by atoms with E-state index >= 15 is 0 Å². The molecule has 2 aromatic heterocycles. The third-order valence-corrected chi connectivity index (χ3v) is 13.4. The smallest absolute Gasteiger partial charge is 0.195 e. The molecule has 0 amide bonds. The van der Waals surface area contributed by atoms with E-state index < -0.39 is 0 Å². The summed E-state index contributed by atoms with van der Waals surface area (Å²) in [5.41, 5.74) is 16.8. The van der Waals surface area contributed by atoms with Gasteiger partial charge in [0.25, 0.3) is 0 Å². The minimum Gasteiger partial charge on any atom is -0.310 e. The van der Waals surface area contributed by atoms with Gasteiger partial charge in [0.1, 0.15) is 0 Å². The SMILES string of the molecule is [C-]#[N+]c1ccc(-n2c3cc(C)ccc3c3ccc(N(c4ccccc4)c4ccccc4)cc32)cc1-c1cc(-n2c3cc(C)ccc3c3ccc(N(c4ccccc4)c4ccccc4)cc32)ccc1C#N. The van der Waals surface area contributed by atoms with Gasteiger partial charge in [0.05, 0.1) is 40.3 Å². The fourth-order valence-corrected chi connectivity index (χ4v) is 10.2. The van der Waals surface area contributed by atoms with Gasteiger partial charge in [0, 0.05) is 67.0 Å². The van der Waals surface area contributed by atoms with E-state index in [4.69, 9.17) is 6.57 Å². The minimum atomic E-state index is 0.469. The third kappa shape index (κ3) is 7.11. The van der Waals surface area contributed by atoms with Crippen LogP contribution in [0.1, 0.15) is 16.7 Å². The number of aromatic nitrogens is 2. The van der Waals surface area contributed by atoms with Crippen LogP contribution in [0.3, 0.4) is 0 Å². The highest BCUT2D eigenvalue weighted by molar-refractivity contribution is 6.12. The van der Waals surface area contributed by atoms with Crippen LogP contribution in [0.4, 0.5) is 39.8 Å². The van der Waals surface area contributed by atoms with E-state index in [9.17, 15) is 5.26 Å². The number of benzene rings is 10. The molecule has 10 aromatic carbocycles. The van der Waals surface area contributed by atoms with Crippen molar-refractivity contribution in [3.05, 3.63) is 259 Å². The van der Waals surface area contributed by atoms with Gasteiger partial charge in [-0.2, -0.15) is 5.26 Å². The topological polar surface area (TPSA) is 44.5 Å². The summed E-state index contributed by atoms with van der Waals surface area (Å²) in [6, 6.07) is 83.0. The number of hydrogen-bond donors (Lipinski definition) is 0. The lowest BCUT2D eigenvalue weighted by atomic mass is 9.97. The Kier molecular flexibility index (Phi) is 10.3. The normalized spacial score (nSPS) is 11.3. The largest absolute Gasteiger partial charge is 0.310 e. The molecule has 12 aromatic rings. The molecule has 0 aliphatic heterocycles. The summed E-state index contributed by atoms with van der Waals surface area (Å²) in [7, 11) is 0. The first-order chi connectivity index (χ1) is 34.4. The second kappa shape index (κ2) is 17.2. The molecule has 0 aliphatic carbocycles. The number of fused-ring (bicyclic) bond motifs is 6. The van der Waals surface area contributed by atoms with E-state index in [-0.39, 0.29) is 0 Å². The maximum absolute atomic E-state index is 10.8. The van der Waals surface area contributed by atoms with Crippen molar-refractivity contribution < 1.29 is 0 Å². The average Bonchev–Trinajstić information content (AvgIpc) is 3.90. The van der Waals surface area contributed by atoms with Gasteiger partial charge in [0.2, 0.25) is 0 Å². The Morgan fingerprint density at radius 1 is 0.386 bits per heavy atom. The first-order valence-electron chi connectivity index (χ1n) is 23.4. The quantitative estimate of drug-likeness (QED) is 0.136. The van der Waals surface area contributed by atoms with E-state index in [1.54, 1.807) is 0 Å². The van der Waals surface area contributed by atoms with Crippen LogP contribution in [0.2, 0.25) is 0 Å². The van der Waals surface area contributed by atoms with Gasteiger partial charge < -0.3 is 18.9 Å². The first kappa shape index (κ1) is 41.8. The maximum atomic E-state index is 10.8. The number of rotatable bonds is 9. The summed E-state index contributed by atoms with van der Waals surface area (Å²) in [6.45, 7) is 12.7.